The van der Waals surface area contributed by atoms with Crippen molar-refractivity contribution in [3.8, 4) is 11.5 Å². The van der Waals surface area contributed by atoms with Crippen LogP contribution in [0.5, 0.6) is 11.5 Å². The van der Waals surface area contributed by atoms with Crippen LogP contribution in [0.15, 0.2) is 53.1 Å². The van der Waals surface area contributed by atoms with Crippen LogP contribution in [0.25, 0.3) is 11.0 Å². The summed E-state index contributed by atoms with van der Waals surface area (Å²) in [6, 6.07) is 11.4. The summed E-state index contributed by atoms with van der Waals surface area (Å²) in [6.07, 6.45) is 1.43. The summed E-state index contributed by atoms with van der Waals surface area (Å²) in [4.78, 5) is 0. The van der Waals surface area contributed by atoms with Gasteiger partial charge in [-0.25, -0.2) is 4.39 Å². The molecule has 0 bridgehead atoms. The highest BCUT2D eigenvalue weighted by molar-refractivity contribution is 6.30. The van der Waals surface area contributed by atoms with Gasteiger partial charge in [-0.15, -0.1) is 0 Å². The predicted molar refractivity (Wildman–Crippen MR) is 67.7 cm³/mol. The van der Waals surface area contributed by atoms with Crippen molar-refractivity contribution < 1.29 is 13.5 Å². The number of halogens is 2. The number of hydrogen-bond donors (Lipinski definition) is 0. The quantitative estimate of drug-likeness (QED) is 0.647. The fraction of sp³-hybridized carbons (Fsp3) is 0. The SMILES string of the molecule is Fc1ccc(Oc2cccc(Cl)c2)c2occc12. The van der Waals surface area contributed by atoms with Crippen molar-refractivity contribution in [2.75, 3.05) is 0 Å². The standard InChI is InChI=1S/C14H8ClFO2/c15-9-2-1-3-10(8-9)18-13-5-4-12(16)11-6-7-17-14(11)13/h1-8H. The number of furan rings is 1. The van der Waals surface area contributed by atoms with E-state index in [-0.39, 0.29) is 5.82 Å². The molecule has 0 atom stereocenters. The van der Waals surface area contributed by atoms with E-state index in [1.165, 1.54) is 18.4 Å². The maximum absolute atomic E-state index is 13.5. The van der Waals surface area contributed by atoms with Crippen LogP contribution in [-0.2, 0) is 0 Å². The first-order chi connectivity index (χ1) is 8.74. The highest BCUT2D eigenvalue weighted by Crippen LogP contribution is 2.32. The molecular weight excluding hydrogens is 255 g/mol. The first-order valence-electron chi connectivity index (χ1n) is 5.33. The Bertz CT molecular complexity index is 706. The summed E-state index contributed by atoms with van der Waals surface area (Å²) in [5, 5.41) is 0.972. The first-order valence-corrected chi connectivity index (χ1v) is 5.71. The van der Waals surface area contributed by atoms with Gasteiger partial charge in [-0.2, -0.15) is 0 Å². The molecule has 3 aromatic rings. The lowest BCUT2D eigenvalue weighted by atomic mass is 10.2. The smallest absolute Gasteiger partial charge is 0.179 e. The largest absolute Gasteiger partial charge is 0.460 e. The van der Waals surface area contributed by atoms with Crippen molar-refractivity contribution >= 4 is 22.6 Å². The van der Waals surface area contributed by atoms with Crippen molar-refractivity contribution in [1.82, 2.24) is 0 Å². The third-order valence-electron chi connectivity index (χ3n) is 2.55. The van der Waals surface area contributed by atoms with Gasteiger partial charge in [0.2, 0.25) is 0 Å². The van der Waals surface area contributed by atoms with Gasteiger partial charge in [-0.1, -0.05) is 17.7 Å². The molecule has 0 aliphatic carbocycles. The fourth-order valence-corrected chi connectivity index (χ4v) is 1.92. The Hall–Kier alpha value is -2.00. The molecule has 1 aromatic heterocycles. The second kappa shape index (κ2) is 4.35. The third-order valence-corrected chi connectivity index (χ3v) is 2.79. The van der Waals surface area contributed by atoms with E-state index >= 15 is 0 Å². The molecule has 0 aliphatic heterocycles. The normalized spacial score (nSPS) is 10.8. The Labute approximate surface area is 108 Å². The van der Waals surface area contributed by atoms with E-state index in [2.05, 4.69) is 0 Å². The fourth-order valence-electron chi connectivity index (χ4n) is 1.74. The van der Waals surface area contributed by atoms with E-state index in [1.54, 1.807) is 30.3 Å². The van der Waals surface area contributed by atoms with Gasteiger partial charge in [0.25, 0.3) is 0 Å². The lowest BCUT2D eigenvalue weighted by Crippen LogP contribution is -1.86. The molecule has 18 heavy (non-hydrogen) atoms. The molecule has 2 aromatic carbocycles. The minimum atomic E-state index is -0.336. The summed E-state index contributed by atoms with van der Waals surface area (Å²) in [5.41, 5.74) is 0.384. The van der Waals surface area contributed by atoms with E-state index in [1.807, 2.05) is 0 Å². The first kappa shape index (κ1) is 11.1. The minimum Gasteiger partial charge on any atom is -0.460 e. The van der Waals surface area contributed by atoms with Crippen LogP contribution in [0.4, 0.5) is 4.39 Å². The van der Waals surface area contributed by atoms with Gasteiger partial charge < -0.3 is 9.15 Å². The molecule has 1 heterocycles. The number of fused-ring (bicyclic) bond motifs is 1. The Morgan fingerprint density at radius 3 is 2.83 bits per heavy atom. The summed E-state index contributed by atoms with van der Waals surface area (Å²) in [6.45, 7) is 0. The van der Waals surface area contributed by atoms with Crippen molar-refractivity contribution in [3.63, 3.8) is 0 Å². The maximum atomic E-state index is 13.5. The van der Waals surface area contributed by atoms with E-state index in [0.29, 0.717) is 27.5 Å². The summed E-state index contributed by atoms with van der Waals surface area (Å²) >= 11 is 5.87. The topological polar surface area (TPSA) is 22.4 Å². The van der Waals surface area contributed by atoms with Crippen LogP contribution >= 0.6 is 11.6 Å². The van der Waals surface area contributed by atoms with Gasteiger partial charge in [-0.05, 0) is 36.4 Å². The zero-order chi connectivity index (χ0) is 12.5. The van der Waals surface area contributed by atoms with Crippen LogP contribution in [0.1, 0.15) is 0 Å². The summed E-state index contributed by atoms with van der Waals surface area (Å²) in [5.74, 6) is 0.697. The molecule has 0 aliphatic rings. The van der Waals surface area contributed by atoms with Gasteiger partial charge in [0.1, 0.15) is 11.6 Å². The van der Waals surface area contributed by atoms with Crippen LogP contribution in [0, 0.1) is 5.82 Å². The zero-order valence-corrected chi connectivity index (χ0v) is 9.95. The summed E-state index contributed by atoms with van der Waals surface area (Å²) < 4.78 is 24.3. The van der Waals surface area contributed by atoms with Gasteiger partial charge in [0.05, 0.1) is 11.6 Å². The Kier molecular flexibility index (Phi) is 2.68. The van der Waals surface area contributed by atoms with Crippen LogP contribution in [-0.4, -0.2) is 0 Å². The second-order valence-electron chi connectivity index (χ2n) is 3.77. The average molecular weight is 263 g/mol. The molecule has 0 spiro atoms. The predicted octanol–water partition coefficient (Wildman–Crippen LogP) is 5.02. The van der Waals surface area contributed by atoms with E-state index in [9.17, 15) is 4.39 Å². The van der Waals surface area contributed by atoms with Crippen LogP contribution in [0.3, 0.4) is 0 Å². The lowest BCUT2D eigenvalue weighted by molar-refractivity contribution is 0.471. The number of ether oxygens (including phenoxy) is 1. The highest BCUT2D eigenvalue weighted by atomic mass is 35.5. The van der Waals surface area contributed by atoms with E-state index in [0.717, 1.165) is 0 Å². The second-order valence-corrected chi connectivity index (χ2v) is 4.20. The highest BCUT2D eigenvalue weighted by Gasteiger charge is 2.10. The van der Waals surface area contributed by atoms with Crippen molar-refractivity contribution in [3.05, 3.63) is 59.6 Å². The number of benzene rings is 2. The molecule has 2 nitrogen and oxygen atoms in total. The van der Waals surface area contributed by atoms with Crippen LogP contribution < -0.4 is 4.74 Å². The number of rotatable bonds is 2. The van der Waals surface area contributed by atoms with Crippen molar-refractivity contribution in [1.29, 1.82) is 0 Å². The average Bonchev–Trinajstić information content (AvgIpc) is 2.83. The monoisotopic (exact) mass is 262 g/mol. The van der Waals surface area contributed by atoms with Gasteiger partial charge in [-0.3, -0.25) is 0 Å². The minimum absolute atomic E-state index is 0.336. The molecule has 90 valence electrons. The maximum Gasteiger partial charge on any atom is 0.179 e. The Morgan fingerprint density at radius 1 is 1.11 bits per heavy atom. The molecule has 0 fully saturated rings. The molecule has 0 saturated carbocycles. The molecule has 0 N–H and O–H groups in total. The third kappa shape index (κ3) is 1.93. The molecule has 4 heteroatoms. The molecule has 0 unspecified atom stereocenters. The molecule has 0 saturated heterocycles. The Morgan fingerprint density at radius 2 is 2.00 bits per heavy atom. The van der Waals surface area contributed by atoms with Crippen molar-refractivity contribution in [2.45, 2.75) is 0 Å². The Balaban J connectivity index is 2.05. The van der Waals surface area contributed by atoms with Gasteiger partial charge >= 0.3 is 0 Å². The van der Waals surface area contributed by atoms with Gasteiger partial charge in [0.15, 0.2) is 11.3 Å². The lowest BCUT2D eigenvalue weighted by Gasteiger charge is -2.06. The van der Waals surface area contributed by atoms with E-state index in [4.69, 9.17) is 20.8 Å². The zero-order valence-electron chi connectivity index (χ0n) is 9.19. The molecule has 0 radical (unpaired) electrons. The van der Waals surface area contributed by atoms with Gasteiger partial charge in [0, 0.05) is 5.02 Å². The van der Waals surface area contributed by atoms with Crippen LogP contribution in [0.2, 0.25) is 5.02 Å². The van der Waals surface area contributed by atoms with E-state index < -0.39 is 0 Å². The molecular formula is C14H8ClFO2. The molecule has 3 rings (SSSR count). The number of hydrogen-bond acceptors (Lipinski definition) is 2. The summed E-state index contributed by atoms with van der Waals surface area (Å²) in [7, 11) is 0. The molecule has 0 amide bonds. The van der Waals surface area contributed by atoms with Crippen molar-refractivity contribution in [2.24, 2.45) is 0 Å².